The van der Waals surface area contributed by atoms with Gasteiger partial charge in [-0.2, -0.15) is 4.31 Å². The maximum atomic E-state index is 13.4. The van der Waals surface area contributed by atoms with Crippen molar-refractivity contribution >= 4 is 20.9 Å². The third-order valence-electron chi connectivity index (χ3n) is 7.06. The summed E-state index contributed by atoms with van der Waals surface area (Å²) < 4.78 is 45.2. The highest BCUT2D eigenvalue weighted by atomic mass is 32.2. The third-order valence-corrected chi connectivity index (χ3v) is 8.95. The van der Waals surface area contributed by atoms with Crippen LogP contribution in [0.5, 0.6) is 5.75 Å². The zero-order chi connectivity index (χ0) is 28.7. The van der Waals surface area contributed by atoms with Crippen LogP contribution in [0, 0.1) is 0 Å². The molecule has 0 spiro atoms. The Morgan fingerprint density at radius 1 is 1.12 bits per heavy atom. The molecule has 2 heterocycles. The lowest BCUT2D eigenvalue weighted by Gasteiger charge is -2.26. The van der Waals surface area contributed by atoms with Gasteiger partial charge in [-0.25, -0.2) is 13.4 Å². The molecule has 4 rings (SSSR count). The molecule has 1 fully saturated rings. The monoisotopic (exact) mass is 573 g/mol. The second kappa shape index (κ2) is 13.7. The van der Waals surface area contributed by atoms with Gasteiger partial charge < -0.3 is 24.3 Å². The van der Waals surface area contributed by atoms with E-state index in [1.807, 2.05) is 6.92 Å². The van der Waals surface area contributed by atoms with E-state index in [0.29, 0.717) is 54.0 Å². The molecule has 0 amide bonds. The quantitative estimate of drug-likeness (QED) is 0.293. The Hall–Kier alpha value is -2.83. The van der Waals surface area contributed by atoms with Crippen molar-refractivity contribution in [1.82, 2.24) is 14.3 Å². The number of ether oxygens (including phenoxy) is 3. The average Bonchev–Trinajstić information content (AvgIpc) is 2.97. The largest absolute Gasteiger partial charge is 0.493 e. The number of hydrogen-bond donors (Lipinski definition) is 2. The molecule has 1 saturated heterocycles. The van der Waals surface area contributed by atoms with Crippen molar-refractivity contribution in [2.24, 2.45) is 0 Å². The van der Waals surface area contributed by atoms with Crippen LogP contribution in [0.1, 0.15) is 57.6 Å². The predicted octanol–water partition coefficient (Wildman–Crippen LogP) is 4.03. The first-order chi connectivity index (χ1) is 19.3. The highest BCUT2D eigenvalue weighted by molar-refractivity contribution is 7.89. The molecule has 1 aliphatic rings. The smallest absolute Gasteiger partial charge is 0.259 e. The van der Waals surface area contributed by atoms with Crippen LogP contribution in [0.15, 0.2) is 46.1 Å². The number of nitrogens with one attached hydrogen (secondary N) is 1. The van der Waals surface area contributed by atoms with Crippen LogP contribution in [0.3, 0.4) is 0 Å². The van der Waals surface area contributed by atoms with Crippen molar-refractivity contribution < 1.29 is 27.7 Å². The summed E-state index contributed by atoms with van der Waals surface area (Å²) in [5.41, 5.74) is 0.934. The second-order valence-electron chi connectivity index (χ2n) is 9.90. The summed E-state index contributed by atoms with van der Waals surface area (Å²) in [6, 6.07) is 9.81. The summed E-state index contributed by atoms with van der Waals surface area (Å²) in [5, 5.41) is 11.3. The number of para-hydroxylation sites is 1. The first-order valence-electron chi connectivity index (χ1n) is 13.9. The molecule has 218 valence electrons. The molecule has 0 bridgehead atoms. The lowest BCUT2D eigenvalue weighted by Crippen LogP contribution is -2.40. The molecule has 0 saturated carbocycles. The molecular formula is C29H39N3O7S. The highest BCUT2D eigenvalue weighted by Gasteiger charge is 2.28. The Balaban J connectivity index is 1.84. The molecule has 2 N–H and O–H groups in total. The molecule has 3 aromatic rings. The number of rotatable bonds is 13. The lowest BCUT2D eigenvalue weighted by atomic mass is 9.97. The van der Waals surface area contributed by atoms with E-state index in [2.05, 4.69) is 11.9 Å². The van der Waals surface area contributed by atoms with Crippen LogP contribution in [0.2, 0.25) is 0 Å². The van der Waals surface area contributed by atoms with Crippen molar-refractivity contribution in [3.8, 4) is 17.1 Å². The Kier molecular flexibility index (Phi) is 10.3. The number of hydrogen-bond acceptors (Lipinski definition) is 8. The van der Waals surface area contributed by atoms with Crippen molar-refractivity contribution in [2.45, 2.75) is 63.1 Å². The summed E-state index contributed by atoms with van der Waals surface area (Å²) >= 11 is 0. The SMILES string of the molecule is CCCCCC(O)C(OC)c1cccc2c(=O)[nH]c(-c3cc(S(=O)(=O)N4CCOCC4)ccc3OCCC)nc12. The molecule has 40 heavy (non-hydrogen) atoms. The summed E-state index contributed by atoms with van der Waals surface area (Å²) in [6.45, 7) is 5.66. The van der Waals surface area contributed by atoms with Crippen LogP contribution in [-0.4, -0.2) is 73.9 Å². The molecule has 2 aromatic carbocycles. The lowest BCUT2D eigenvalue weighted by molar-refractivity contribution is -0.0175. The molecule has 2 atom stereocenters. The summed E-state index contributed by atoms with van der Waals surface area (Å²) in [5.74, 6) is 0.580. The number of fused-ring (bicyclic) bond motifs is 1. The molecule has 1 aromatic heterocycles. The number of unbranched alkanes of at least 4 members (excludes halogenated alkanes) is 2. The van der Waals surface area contributed by atoms with Gasteiger partial charge in [0.15, 0.2) is 0 Å². The van der Waals surface area contributed by atoms with Crippen LogP contribution in [0.4, 0.5) is 0 Å². The van der Waals surface area contributed by atoms with Gasteiger partial charge in [-0.05, 0) is 37.1 Å². The normalized spacial score (nSPS) is 16.2. The summed E-state index contributed by atoms with van der Waals surface area (Å²) in [4.78, 5) is 21.0. The Labute approximate surface area is 235 Å². The number of nitrogens with zero attached hydrogens (tertiary/aromatic N) is 2. The number of benzene rings is 2. The van der Waals surface area contributed by atoms with E-state index < -0.39 is 22.2 Å². The van der Waals surface area contributed by atoms with E-state index in [1.54, 1.807) is 24.3 Å². The number of H-pyrrole nitrogens is 1. The van der Waals surface area contributed by atoms with Crippen LogP contribution < -0.4 is 10.3 Å². The van der Waals surface area contributed by atoms with Crippen molar-refractivity contribution in [1.29, 1.82) is 0 Å². The molecular weight excluding hydrogens is 534 g/mol. The first kappa shape index (κ1) is 30.1. The maximum absolute atomic E-state index is 13.4. The minimum atomic E-state index is -3.81. The van der Waals surface area contributed by atoms with Crippen molar-refractivity contribution in [3.63, 3.8) is 0 Å². The molecule has 0 radical (unpaired) electrons. The van der Waals surface area contributed by atoms with Crippen LogP contribution in [-0.2, 0) is 19.5 Å². The number of aromatic nitrogens is 2. The fourth-order valence-electron chi connectivity index (χ4n) is 4.92. The minimum Gasteiger partial charge on any atom is -0.493 e. The van der Waals surface area contributed by atoms with Crippen molar-refractivity contribution in [3.05, 3.63) is 52.3 Å². The van der Waals surface area contributed by atoms with Gasteiger partial charge in [0.25, 0.3) is 5.56 Å². The van der Waals surface area contributed by atoms with Gasteiger partial charge in [-0.15, -0.1) is 0 Å². The van der Waals surface area contributed by atoms with Gasteiger partial charge in [-0.1, -0.05) is 45.2 Å². The van der Waals surface area contributed by atoms with E-state index in [-0.39, 0.29) is 29.4 Å². The average molecular weight is 574 g/mol. The number of methoxy groups -OCH3 is 1. The topological polar surface area (TPSA) is 131 Å². The van der Waals surface area contributed by atoms with E-state index in [4.69, 9.17) is 19.2 Å². The van der Waals surface area contributed by atoms with Gasteiger partial charge in [0.2, 0.25) is 10.0 Å². The van der Waals surface area contributed by atoms with Gasteiger partial charge >= 0.3 is 0 Å². The van der Waals surface area contributed by atoms with Gasteiger partial charge in [0.1, 0.15) is 17.7 Å². The molecule has 2 unspecified atom stereocenters. The van der Waals surface area contributed by atoms with Crippen LogP contribution in [0.25, 0.3) is 22.3 Å². The Morgan fingerprint density at radius 2 is 1.90 bits per heavy atom. The fourth-order valence-corrected chi connectivity index (χ4v) is 6.35. The first-order valence-corrected chi connectivity index (χ1v) is 15.3. The van der Waals surface area contributed by atoms with Crippen molar-refractivity contribution in [2.75, 3.05) is 40.0 Å². The fraction of sp³-hybridized carbons (Fsp3) is 0.517. The number of aliphatic hydroxyl groups is 1. The van der Waals surface area contributed by atoms with E-state index >= 15 is 0 Å². The predicted molar refractivity (Wildman–Crippen MR) is 153 cm³/mol. The van der Waals surface area contributed by atoms with Crippen LogP contribution >= 0.6 is 0 Å². The molecule has 1 aliphatic heterocycles. The maximum Gasteiger partial charge on any atom is 0.259 e. The summed E-state index contributed by atoms with van der Waals surface area (Å²) in [6.07, 6.45) is 2.70. The molecule has 10 nitrogen and oxygen atoms in total. The van der Waals surface area contributed by atoms with Gasteiger partial charge in [-0.3, -0.25) is 4.79 Å². The van der Waals surface area contributed by atoms with E-state index in [1.165, 1.54) is 23.5 Å². The highest BCUT2D eigenvalue weighted by Crippen LogP contribution is 2.34. The summed E-state index contributed by atoms with van der Waals surface area (Å²) in [7, 11) is -2.28. The number of morpholine rings is 1. The second-order valence-corrected chi connectivity index (χ2v) is 11.8. The van der Waals surface area contributed by atoms with E-state index in [9.17, 15) is 18.3 Å². The Bertz CT molecular complexity index is 1450. The van der Waals surface area contributed by atoms with E-state index in [0.717, 1.165) is 25.7 Å². The van der Waals surface area contributed by atoms with Gasteiger partial charge in [0, 0.05) is 25.8 Å². The molecule has 11 heteroatoms. The Morgan fingerprint density at radius 3 is 2.60 bits per heavy atom. The number of sulfonamides is 1. The zero-order valence-electron chi connectivity index (χ0n) is 23.4. The minimum absolute atomic E-state index is 0.0744. The number of aromatic amines is 1. The third kappa shape index (κ3) is 6.55. The molecule has 0 aliphatic carbocycles. The zero-order valence-corrected chi connectivity index (χ0v) is 24.2. The van der Waals surface area contributed by atoms with Gasteiger partial charge in [0.05, 0.1) is 47.3 Å². The number of aliphatic hydroxyl groups excluding tert-OH is 1. The standard InChI is InChI=1S/C29H39N3O7S/c1-4-6-7-11-24(33)27(37-3)21-9-8-10-22-26(21)30-28(31-29(22)34)23-19-20(12-13-25(23)39-16-5-2)40(35,36)32-14-17-38-18-15-32/h8-10,12-13,19,24,27,33H,4-7,11,14-18H2,1-3H3,(H,30,31,34).